The highest BCUT2D eigenvalue weighted by Gasteiger charge is 2.55. The monoisotopic (exact) mass is 255 g/mol. The molecule has 1 aliphatic carbocycles. The smallest absolute Gasteiger partial charge is 0.233 e. The number of piperidine rings is 1. The summed E-state index contributed by atoms with van der Waals surface area (Å²) in [5, 5.41) is 10.6. The van der Waals surface area contributed by atoms with Gasteiger partial charge in [0, 0.05) is 23.9 Å². The lowest BCUT2D eigenvalue weighted by molar-refractivity contribution is -0.497. The lowest BCUT2D eigenvalue weighted by Crippen LogP contribution is -2.49. The minimum Gasteiger partial charge on any atom is -0.369 e. The summed E-state index contributed by atoms with van der Waals surface area (Å²) in [7, 11) is 0. The molecule has 18 heavy (non-hydrogen) atoms. The molecule has 0 spiro atoms. The molecular weight excluding hydrogens is 238 g/mol. The number of rotatable bonds is 3. The summed E-state index contributed by atoms with van der Waals surface area (Å²) in [6.07, 6.45) is 1.72. The van der Waals surface area contributed by atoms with Crippen molar-refractivity contribution in [3.05, 3.63) is 10.1 Å². The van der Waals surface area contributed by atoms with E-state index in [1.807, 2.05) is 6.92 Å². The molecule has 0 radical (unpaired) electrons. The first-order valence-corrected chi connectivity index (χ1v) is 6.15. The molecule has 4 atom stereocenters. The van der Waals surface area contributed by atoms with E-state index in [0.717, 1.165) is 6.42 Å². The van der Waals surface area contributed by atoms with Crippen molar-refractivity contribution in [1.29, 1.82) is 0 Å². The maximum absolute atomic E-state index is 12.1. The summed E-state index contributed by atoms with van der Waals surface area (Å²) >= 11 is 0. The summed E-state index contributed by atoms with van der Waals surface area (Å²) < 4.78 is 0. The number of primary amides is 1. The molecule has 0 aromatic carbocycles. The van der Waals surface area contributed by atoms with Crippen molar-refractivity contribution in [3.63, 3.8) is 0 Å². The standard InChI is InChI=1S/C11H17N3O4/c1-6-2-3-7(10(12)15)5-13(6)11(16)8-4-9(8)14(17)18/h6-9H,2-5H2,1H3,(H2,12,15)/t6-,7+,8-,9+/m1/s1. The number of nitrogens with two attached hydrogens (primary N) is 1. The molecular formula is C11H17N3O4. The number of nitro groups is 1. The molecule has 100 valence electrons. The van der Waals surface area contributed by atoms with Gasteiger partial charge in [0.2, 0.25) is 17.9 Å². The molecule has 7 nitrogen and oxygen atoms in total. The second-order valence-electron chi connectivity index (χ2n) is 5.21. The molecule has 1 saturated heterocycles. The van der Waals surface area contributed by atoms with Crippen LogP contribution in [0.25, 0.3) is 0 Å². The van der Waals surface area contributed by atoms with Crippen LogP contribution >= 0.6 is 0 Å². The van der Waals surface area contributed by atoms with E-state index in [2.05, 4.69) is 0 Å². The average Bonchev–Trinajstić information content (AvgIpc) is 3.08. The van der Waals surface area contributed by atoms with Crippen molar-refractivity contribution >= 4 is 11.8 Å². The van der Waals surface area contributed by atoms with Crippen LogP contribution in [0.1, 0.15) is 26.2 Å². The zero-order chi connectivity index (χ0) is 13.4. The highest BCUT2D eigenvalue weighted by molar-refractivity contribution is 5.84. The quantitative estimate of drug-likeness (QED) is 0.555. The Morgan fingerprint density at radius 2 is 2.06 bits per heavy atom. The first kappa shape index (κ1) is 12.8. The number of hydrogen-bond acceptors (Lipinski definition) is 4. The van der Waals surface area contributed by atoms with Gasteiger partial charge in [-0.1, -0.05) is 0 Å². The molecule has 0 unspecified atom stereocenters. The zero-order valence-corrected chi connectivity index (χ0v) is 10.2. The molecule has 2 N–H and O–H groups in total. The summed E-state index contributed by atoms with van der Waals surface area (Å²) in [5.41, 5.74) is 5.26. The highest BCUT2D eigenvalue weighted by atomic mass is 16.6. The molecule has 1 heterocycles. The van der Waals surface area contributed by atoms with Gasteiger partial charge >= 0.3 is 0 Å². The van der Waals surface area contributed by atoms with Gasteiger partial charge in [-0.25, -0.2) is 0 Å². The second kappa shape index (κ2) is 4.55. The minimum atomic E-state index is -0.737. The number of carbonyl (C=O) groups is 2. The van der Waals surface area contributed by atoms with Crippen LogP contribution in [0.4, 0.5) is 0 Å². The van der Waals surface area contributed by atoms with Gasteiger partial charge in [0.25, 0.3) is 0 Å². The van der Waals surface area contributed by atoms with Crippen molar-refractivity contribution in [3.8, 4) is 0 Å². The van der Waals surface area contributed by atoms with Gasteiger partial charge in [-0.05, 0) is 19.8 Å². The van der Waals surface area contributed by atoms with E-state index in [-0.39, 0.29) is 17.9 Å². The van der Waals surface area contributed by atoms with E-state index in [1.165, 1.54) is 0 Å². The van der Waals surface area contributed by atoms with Crippen LogP contribution in [0, 0.1) is 22.0 Å². The Balaban J connectivity index is 2.00. The van der Waals surface area contributed by atoms with Gasteiger partial charge in [-0.3, -0.25) is 19.7 Å². The third-order valence-corrected chi connectivity index (χ3v) is 3.91. The maximum atomic E-state index is 12.1. The van der Waals surface area contributed by atoms with Gasteiger partial charge < -0.3 is 10.6 Å². The van der Waals surface area contributed by atoms with Gasteiger partial charge in [0.15, 0.2) is 0 Å². The van der Waals surface area contributed by atoms with Crippen LogP contribution in [0.15, 0.2) is 0 Å². The molecule has 1 saturated carbocycles. The van der Waals surface area contributed by atoms with Crippen LogP contribution in [-0.4, -0.2) is 40.3 Å². The predicted molar refractivity (Wildman–Crippen MR) is 62.0 cm³/mol. The van der Waals surface area contributed by atoms with E-state index >= 15 is 0 Å². The Kier molecular flexibility index (Phi) is 3.23. The topological polar surface area (TPSA) is 107 Å². The number of carbonyl (C=O) groups excluding carboxylic acids is 2. The maximum Gasteiger partial charge on any atom is 0.233 e. The van der Waals surface area contributed by atoms with Crippen LogP contribution < -0.4 is 5.73 Å². The van der Waals surface area contributed by atoms with E-state index in [0.29, 0.717) is 19.4 Å². The molecule has 2 amide bonds. The molecule has 2 aliphatic rings. The lowest BCUT2D eigenvalue weighted by atomic mass is 9.92. The number of likely N-dealkylation sites (tertiary alicyclic amines) is 1. The van der Waals surface area contributed by atoms with Crippen molar-refractivity contribution in [2.45, 2.75) is 38.3 Å². The fraction of sp³-hybridized carbons (Fsp3) is 0.818. The Bertz CT molecular complexity index is 398. The van der Waals surface area contributed by atoms with Gasteiger partial charge in [-0.15, -0.1) is 0 Å². The fourth-order valence-electron chi connectivity index (χ4n) is 2.54. The van der Waals surface area contributed by atoms with Gasteiger partial charge in [-0.2, -0.15) is 0 Å². The highest BCUT2D eigenvalue weighted by Crippen LogP contribution is 2.36. The van der Waals surface area contributed by atoms with E-state index in [1.54, 1.807) is 4.90 Å². The summed E-state index contributed by atoms with van der Waals surface area (Å²) in [4.78, 5) is 35.1. The lowest BCUT2D eigenvalue weighted by Gasteiger charge is -2.36. The van der Waals surface area contributed by atoms with Crippen LogP contribution in [-0.2, 0) is 9.59 Å². The van der Waals surface area contributed by atoms with E-state index in [9.17, 15) is 19.7 Å². The van der Waals surface area contributed by atoms with Gasteiger partial charge in [0.1, 0.15) is 5.92 Å². The average molecular weight is 255 g/mol. The Hall–Kier alpha value is -1.66. The third kappa shape index (κ3) is 2.30. The largest absolute Gasteiger partial charge is 0.369 e. The molecule has 0 aromatic heterocycles. The third-order valence-electron chi connectivity index (χ3n) is 3.91. The second-order valence-corrected chi connectivity index (χ2v) is 5.21. The zero-order valence-electron chi connectivity index (χ0n) is 10.2. The summed E-state index contributed by atoms with van der Waals surface area (Å²) in [5.74, 6) is -1.43. The molecule has 7 heteroatoms. The van der Waals surface area contributed by atoms with Crippen molar-refractivity contribution in [2.24, 2.45) is 17.6 Å². The summed E-state index contributed by atoms with van der Waals surface area (Å²) in [6, 6.07) is -0.709. The number of amides is 2. The normalized spacial score (nSPS) is 35.1. The van der Waals surface area contributed by atoms with Crippen LogP contribution in [0.3, 0.4) is 0 Å². The SMILES string of the molecule is C[C@@H]1CC[C@H](C(N)=O)CN1C(=O)[C@@H]1C[C@@H]1[N+](=O)[O-]. The first-order valence-electron chi connectivity index (χ1n) is 6.15. The fourth-order valence-corrected chi connectivity index (χ4v) is 2.54. The first-order chi connectivity index (χ1) is 8.41. The molecule has 1 aliphatic heterocycles. The van der Waals surface area contributed by atoms with Crippen LogP contribution in [0.2, 0.25) is 0 Å². The number of nitrogens with zero attached hydrogens (tertiary/aromatic N) is 2. The van der Waals surface area contributed by atoms with E-state index < -0.39 is 22.8 Å². The predicted octanol–water partition coefficient (Wildman–Crippen LogP) is -0.236. The molecule has 2 fully saturated rings. The van der Waals surface area contributed by atoms with Gasteiger partial charge in [0.05, 0.1) is 5.92 Å². The molecule has 2 rings (SSSR count). The van der Waals surface area contributed by atoms with Crippen molar-refractivity contribution < 1.29 is 14.5 Å². The number of hydrogen-bond donors (Lipinski definition) is 1. The van der Waals surface area contributed by atoms with Crippen molar-refractivity contribution in [2.75, 3.05) is 6.54 Å². The van der Waals surface area contributed by atoms with Crippen molar-refractivity contribution in [1.82, 2.24) is 4.90 Å². The molecule has 0 bridgehead atoms. The Morgan fingerprint density at radius 3 is 2.56 bits per heavy atom. The Morgan fingerprint density at radius 1 is 1.39 bits per heavy atom. The van der Waals surface area contributed by atoms with Crippen LogP contribution in [0.5, 0.6) is 0 Å². The van der Waals surface area contributed by atoms with E-state index in [4.69, 9.17) is 5.73 Å². The Labute approximate surface area is 104 Å². The summed E-state index contributed by atoms with van der Waals surface area (Å²) in [6.45, 7) is 2.20. The molecule has 0 aromatic rings. The minimum absolute atomic E-state index is 0.0288.